The van der Waals surface area contributed by atoms with Crippen LogP contribution in [0, 0.1) is 5.92 Å². The molecule has 0 aromatic heterocycles. The van der Waals surface area contributed by atoms with Crippen LogP contribution in [0.3, 0.4) is 0 Å². The molecule has 1 fully saturated rings. The summed E-state index contributed by atoms with van der Waals surface area (Å²) in [6.45, 7) is 8.25. The van der Waals surface area contributed by atoms with Gasteiger partial charge in [-0.15, -0.1) is 0 Å². The highest BCUT2D eigenvalue weighted by atomic mass is 16.7. The number of fused-ring (bicyclic) bond motifs is 1. The molecule has 1 saturated heterocycles. The third kappa shape index (κ3) is 4.90. The van der Waals surface area contributed by atoms with E-state index in [0.717, 1.165) is 44.2 Å². The van der Waals surface area contributed by atoms with Crippen molar-refractivity contribution >= 4 is 5.69 Å². The lowest BCUT2D eigenvalue weighted by Gasteiger charge is -2.45. The predicted octanol–water partition coefficient (Wildman–Crippen LogP) is 4.56. The van der Waals surface area contributed by atoms with E-state index in [1.807, 2.05) is 6.07 Å². The molecule has 0 saturated carbocycles. The van der Waals surface area contributed by atoms with Crippen molar-refractivity contribution in [3.8, 4) is 11.5 Å². The van der Waals surface area contributed by atoms with Gasteiger partial charge in [0.05, 0.1) is 12.6 Å². The summed E-state index contributed by atoms with van der Waals surface area (Å²) < 4.78 is 17.4. The first-order valence-electron chi connectivity index (χ1n) is 11.1. The molecule has 5 nitrogen and oxygen atoms in total. The molecule has 2 unspecified atom stereocenters. The van der Waals surface area contributed by atoms with Gasteiger partial charge in [0.2, 0.25) is 6.79 Å². The van der Waals surface area contributed by atoms with Crippen molar-refractivity contribution in [2.24, 2.45) is 5.92 Å². The normalized spacial score (nSPS) is 21.2. The minimum Gasteiger partial charge on any atom is -0.454 e. The van der Waals surface area contributed by atoms with E-state index >= 15 is 0 Å². The third-order valence-electron chi connectivity index (χ3n) is 6.04. The van der Waals surface area contributed by atoms with E-state index in [-0.39, 0.29) is 0 Å². The third-order valence-corrected chi connectivity index (χ3v) is 6.04. The summed E-state index contributed by atoms with van der Waals surface area (Å²) in [5.41, 5.74) is 2.49. The second-order valence-electron chi connectivity index (χ2n) is 8.84. The zero-order valence-electron chi connectivity index (χ0n) is 18.4. The van der Waals surface area contributed by atoms with Gasteiger partial charge in [0.15, 0.2) is 11.5 Å². The summed E-state index contributed by atoms with van der Waals surface area (Å²) in [4.78, 5) is 5.01. The second-order valence-corrected chi connectivity index (χ2v) is 8.84. The molecule has 30 heavy (non-hydrogen) atoms. The van der Waals surface area contributed by atoms with Gasteiger partial charge in [-0.2, -0.15) is 0 Å². The zero-order valence-corrected chi connectivity index (χ0v) is 18.4. The second kappa shape index (κ2) is 9.71. The van der Waals surface area contributed by atoms with Gasteiger partial charge < -0.3 is 19.1 Å². The van der Waals surface area contributed by atoms with Crippen LogP contribution in [-0.2, 0) is 11.3 Å². The minimum atomic E-state index is 0.301. The Morgan fingerprint density at radius 3 is 2.70 bits per heavy atom. The van der Waals surface area contributed by atoms with Crippen LogP contribution in [0.4, 0.5) is 5.69 Å². The number of hydrogen-bond donors (Lipinski definition) is 0. The molecule has 0 spiro atoms. The Morgan fingerprint density at radius 1 is 1.10 bits per heavy atom. The molecule has 0 N–H and O–H groups in total. The Morgan fingerprint density at radius 2 is 1.90 bits per heavy atom. The van der Waals surface area contributed by atoms with Crippen molar-refractivity contribution in [1.82, 2.24) is 4.90 Å². The molecule has 0 aliphatic carbocycles. The van der Waals surface area contributed by atoms with Gasteiger partial charge >= 0.3 is 0 Å². The fraction of sp³-hybridized carbons (Fsp3) is 0.520. The Labute approximate surface area is 180 Å². The quantitative estimate of drug-likeness (QED) is 0.637. The van der Waals surface area contributed by atoms with Crippen LogP contribution in [-0.4, -0.2) is 50.6 Å². The molecule has 2 heterocycles. The molecule has 2 aromatic carbocycles. The average Bonchev–Trinajstić information content (AvgIpc) is 3.22. The van der Waals surface area contributed by atoms with Crippen LogP contribution >= 0.6 is 0 Å². The first kappa shape index (κ1) is 21.0. The highest BCUT2D eigenvalue weighted by Gasteiger charge is 2.34. The van der Waals surface area contributed by atoms with E-state index in [0.29, 0.717) is 24.8 Å². The van der Waals surface area contributed by atoms with Crippen molar-refractivity contribution in [1.29, 1.82) is 0 Å². The first-order valence-corrected chi connectivity index (χ1v) is 11.1. The minimum absolute atomic E-state index is 0.301. The van der Waals surface area contributed by atoms with Crippen LogP contribution in [0.15, 0.2) is 48.5 Å². The Hall–Kier alpha value is -2.24. The van der Waals surface area contributed by atoms with Gasteiger partial charge in [-0.1, -0.05) is 44.2 Å². The number of likely N-dealkylation sites (N-methyl/N-ethyl adjacent to an activating group) is 1. The molecule has 0 radical (unpaired) electrons. The highest BCUT2D eigenvalue weighted by molar-refractivity contribution is 5.58. The van der Waals surface area contributed by atoms with Gasteiger partial charge in [0.1, 0.15) is 0 Å². The number of benzene rings is 2. The van der Waals surface area contributed by atoms with Crippen LogP contribution in [0.25, 0.3) is 0 Å². The Bertz CT molecular complexity index is 811. The molecular weight excluding hydrogens is 376 g/mol. The van der Waals surface area contributed by atoms with E-state index in [1.54, 1.807) is 0 Å². The molecule has 5 heteroatoms. The monoisotopic (exact) mass is 410 g/mol. The molecule has 4 rings (SSSR count). The van der Waals surface area contributed by atoms with E-state index in [1.165, 1.54) is 17.7 Å². The molecule has 2 aliphatic heterocycles. The number of ether oxygens (including phenoxy) is 3. The number of nitrogens with zero attached hydrogens (tertiary/aromatic N) is 2. The lowest BCUT2D eigenvalue weighted by molar-refractivity contribution is 0.0303. The molecule has 162 valence electrons. The van der Waals surface area contributed by atoms with Gasteiger partial charge in [-0.25, -0.2) is 0 Å². The summed E-state index contributed by atoms with van der Waals surface area (Å²) in [5, 5.41) is 0. The van der Waals surface area contributed by atoms with Crippen molar-refractivity contribution in [2.45, 2.75) is 45.3 Å². The number of anilines is 1. The molecule has 0 bridgehead atoms. The van der Waals surface area contributed by atoms with Crippen molar-refractivity contribution < 1.29 is 14.2 Å². The largest absolute Gasteiger partial charge is 0.454 e. The lowest BCUT2D eigenvalue weighted by atomic mass is 9.94. The first-order chi connectivity index (χ1) is 14.6. The van der Waals surface area contributed by atoms with E-state index in [2.05, 4.69) is 73.2 Å². The smallest absolute Gasteiger partial charge is 0.231 e. The molecule has 0 amide bonds. The Balaban J connectivity index is 1.62. The van der Waals surface area contributed by atoms with E-state index in [9.17, 15) is 0 Å². The molecular formula is C25H34N2O3. The maximum absolute atomic E-state index is 6.13. The maximum Gasteiger partial charge on any atom is 0.231 e. The van der Waals surface area contributed by atoms with Crippen molar-refractivity contribution in [3.05, 3.63) is 54.1 Å². The number of likely N-dealkylation sites (tertiary alicyclic amines) is 1. The van der Waals surface area contributed by atoms with Crippen LogP contribution in [0.2, 0.25) is 0 Å². The van der Waals surface area contributed by atoms with Crippen LogP contribution in [0.5, 0.6) is 11.5 Å². The fourth-order valence-corrected chi connectivity index (χ4v) is 4.47. The van der Waals surface area contributed by atoms with Gasteiger partial charge in [-0.3, -0.25) is 4.90 Å². The molecule has 2 aliphatic rings. The zero-order chi connectivity index (χ0) is 20.9. The summed E-state index contributed by atoms with van der Waals surface area (Å²) in [6.07, 6.45) is 2.35. The summed E-state index contributed by atoms with van der Waals surface area (Å²) in [6, 6.07) is 17.8. The van der Waals surface area contributed by atoms with Crippen molar-refractivity contribution in [3.63, 3.8) is 0 Å². The lowest BCUT2D eigenvalue weighted by Crippen LogP contribution is -2.56. The van der Waals surface area contributed by atoms with E-state index < -0.39 is 0 Å². The maximum atomic E-state index is 6.13. The number of hydrogen-bond acceptors (Lipinski definition) is 5. The fourth-order valence-electron chi connectivity index (χ4n) is 4.47. The highest BCUT2D eigenvalue weighted by Crippen LogP contribution is 2.38. The van der Waals surface area contributed by atoms with Gasteiger partial charge in [0.25, 0.3) is 0 Å². The molecule has 2 atom stereocenters. The Kier molecular flexibility index (Phi) is 6.80. The van der Waals surface area contributed by atoms with Crippen LogP contribution < -0.4 is 14.4 Å². The average molecular weight is 411 g/mol. The molecule has 2 aromatic rings. The number of rotatable bonds is 8. The summed E-state index contributed by atoms with van der Waals surface area (Å²) >= 11 is 0. The van der Waals surface area contributed by atoms with Crippen molar-refractivity contribution in [2.75, 3.05) is 38.5 Å². The topological polar surface area (TPSA) is 34.2 Å². The summed E-state index contributed by atoms with van der Waals surface area (Å²) in [7, 11) is 2.23. The van der Waals surface area contributed by atoms with Gasteiger partial charge in [-0.05, 0) is 50.0 Å². The summed E-state index contributed by atoms with van der Waals surface area (Å²) in [5.74, 6) is 2.21. The standard InChI is InChI=1S/C25H34N2O3/c1-19(2)16-28-17-23-22(10-7-13-26(23)3)27(15-20-8-5-4-6-9-20)21-11-12-24-25(14-21)30-18-29-24/h4-6,8-9,11-12,14,19,22-23H,7,10,13,15-18H2,1-3H3. The SMILES string of the molecule is CC(C)COCC1C(N(Cc2ccccc2)c2ccc3c(c2)OCO3)CCCN1C. The van der Waals surface area contributed by atoms with E-state index in [4.69, 9.17) is 14.2 Å². The van der Waals surface area contributed by atoms with Crippen LogP contribution in [0.1, 0.15) is 32.3 Å². The number of piperidine rings is 1. The van der Waals surface area contributed by atoms with Gasteiger partial charge in [0, 0.05) is 30.9 Å². The predicted molar refractivity (Wildman–Crippen MR) is 120 cm³/mol.